The molecule has 2 heterocycles. The van der Waals surface area contributed by atoms with Crippen LogP contribution in [0.25, 0.3) is 11.2 Å². The van der Waals surface area contributed by atoms with Crippen LogP contribution < -0.4 is 10.6 Å². The lowest BCUT2D eigenvalue weighted by Gasteiger charge is -2.10. The lowest BCUT2D eigenvalue weighted by molar-refractivity contribution is 0.208. The summed E-state index contributed by atoms with van der Waals surface area (Å²) in [6, 6.07) is 7.95. The zero-order chi connectivity index (χ0) is 15.5. The third kappa shape index (κ3) is 3.12. The largest absolute Gasteiger partial charge is 0.392 e. The Morgan fingerprint density at radius 1 is 1.18 bits per heavy atom. The van der Waals surface area contributed by atoms with E-state index in [0.29, 0.717) is 29.5 Å². The number of anilines is 3. The number of aryl methyl sites for hydroxylation is 1. The van der Waals surface area contributed by atoms with E-state index >= 15 is 0 Å². The molecule has 8 nitrogen and oxygen atoms in total. The molecule has 0 aliphatic rings. The zero-order valence-electron chi connectivity index (χ0n) is 12.3. The third-order valence-electron chi connectivity index (χ3n) is 3.05. The molecular weight excluding hydrogens is 282 g/mol. The number of aromatic amines is 1. The zero-order valence-corrected chi connectivity index (χ0v) is 12.3. The van der Waals surface area contributed by atoms with Gasteiger partial charge < -0.3 is 15.7 Å². The topological polar surface area (TPSA) is 112 Å². The lowest BCUT2D eigenvalue weighted by atomic mass is 10.2. The summed E-state index contributed by atoms with van der Waals surface area (Å²) in [5, 5.41) is 26.1. The monoisotopic (exact) mass is 299 g/mol. The number of aliphatic hydroxyl groups is 1. The number of hydrogen-bond acceptors (Lipinski definition) is 7. The predicted octanol–water partition coefficient (Wildman–Crippen LogP) is 1.59. The Labute approximate surface area is 127 Å². The molecule has 0 amide bonds. The van der Waals surface area contributed by atoms with E-state index in [2.05, 4.69) is 36.0 Å². The molecule has 0 radical (unpaired) electrons. The fourth-order valence-corrected chi connectivity index (χ4v) is 1.93. The molecule has 1 atom stereocenters. The second-order valence-electron chi connectivity index (χ2n) is 5.11. The number of H-pyrrole nitrogens is 1. The van der Waals surface area contributed by atoms with Crippen molar-refractivity contribution in [3.63, 3.8) is 0 Å². The number of benzene rings is 1. The van der Waals surface area contributed by atoms with Gasteiger partial charge in [-0.15, -0.1) is 5.10 Å². The van der Waals surface area contributed by atoms with Gasteiger partial charge in [-0.2, -0.15) is 20.3 Å². The van der Waals surface area contributed by atoms with Crippen molar-refractivity contribution in [2.24, 2.45) is 0 Å². The van der Waals surface area contributed by atoms with Gasteiger partial charge in [0.1, 0.15) is 0 Å². The Kier molecular flexibility index (Phi) is 3.84. The highest BCUT2D eigenvalue weighted by Crippen LogP contribution is 2.22. The van der Waals surface area contributed by atoms with E-state index in [0.717, 1.165) is 5.69 Å². The molecule has 3 aromatic rings. The van der Waals surface area contributed by atoms with Crippen LogP contribution in [0.15, 0.2) is 24.3 Å². The van der Waals surface area contributed by atoms with E-state index in [1.807, 2.05) is 31.2 Å². The Balaban J connectivity index is 1.92. The first-order chi connectivity index (χ1) is 10.6. The van der Waals surface area contributed by atoms with E-state index < -0.39 is 6.10 Å². The lowest BCUT2D eigenvalue weighted by Crippen LogP contribution is -2.17. The van der Waals surface area contributed by atoms with Crippen LogP contribution in [0.1, 0.15) is 12.5 Å². The van der Waals surface area contributed by atoms with Crippen molar-refractivity contribution in [1.29, 1.82) is 0 Å². The minimum Gasteiger partial charge on any atom is -0.392 e. The molecule has 0 saturated carbocycles. The maximum Gasteiger partial charge on any atom is 0.227 e. The summed E-state index contributed by atoms with van der Waals surface area (Å²) in [7, 11) is 0. The van der Waals surface area contributed by atoms with E-state index in [1.54, 1.807) is 6.92 Å². The molecule has 0 unspecified atom stereocenters. The maximum absolute atomic E-state index is 9.35. The molecule has 0 aliphatic carbocycles. The molecule has 2 aromatic heterocycles. The SMILES string of the molecule is Cc1ccc(Nc2nc(NC[C@H](C)O)nc3n[nH]nc23)cc1. The maximum atomic E-state index is 9.35. The highest BCUT2D eigenvalue weighted by molar-refractivity contribution is 5.85. The first kappa shape index (κ1) is 14.2. The van der Waals surface area contributed by atoms with Gasteiger partial charge in [-0.3, -0.25) is 0 Å². The normalized spacial score (nSPS) is 12.3. The highest BCUT2D eigenvalue weighted by Gasteiger charge is 2.12. The van der Waals surface area contributed by atoms with Gasteiger partial charge in [-0.1, -0.05) is 17.7 Å². The summed E-state index contributed by atoms with van der Waals surface area (Å²) in [6.45, 7) is 4.07. The van der Waals surface area contributed by atoms with Gasteiger partial charge in [0.25, 0.3) is 0 Å². The average Bonchev–Trinajstić information content (AvgIpc) is 2.96. The molecule has 0 aliphatic heterocycles. The number of aromatic nitrogens is 5. The smallest absolute Gasteiger partial charge is 0.227 e. The second-order valence-corrected chi connectivity index (χ2v) is 5.11. The quantitative estimate of drug-likeness (QED) is 0.566. The van der Waals surface area contributed by atoms with Crippen molar-refractivity contribution in [1.82, 2.24) is 25.4 Å². The van der Waals surface area contributed by atoms with Crippen molar-refractivity contribution in [3.05, 3.63) is 29.8 Å². The molecule has 1 aromatic carbocycles. The summed E-state index contributed by atoms with van der Waals surface area (Å²) in [6.07, 6.45) is -0.495. The van der Waals surface area contributed by atoms with Crippen LogP contribution in [0.2, 0.25) is 0 Å². The Bertz CT molecular complexity index is 766. The molecule has 0 fully saturated rings. The van der Waals surface area contributed by atoms with Crippen molar-refractivity contribution in [3.8, 4) is 0 Å². The van der Waals surface area contributed by atoms with Crippen molar-refractivity contribution in [2.45, 2.75) is 20.0 Å². The van der Waals surface area contributed by atoms with E-state index in [4.69, 9.17) is 0 Å². The van der Waals surface area contributed by atoms with Crippen LogP contribution in [0.4, 0.5) is 17.5 Å². The first-order valence-electron chi connectivity index (χ1n) is 6.96. The number of aliphatic hydroxyl groups excluding tert-OH is 1. The number of nitrogens with zero attached hydrogens (tertiary/aromatic N) is 4. The molecule has 0 saturated heterocycles. The van der Waals surface area contributed by atoms with Crippen molar-refractivity contribution < 1.29 is 5.11 Å². The van der Waals surface area contributed by atoms with Crippen LogP contribution in [0.5, 0.6) is 0 Å². The van der Waals surface area contributed by atoms with Gasteiger partial charge >= 0.3 is 0 Å². The van der Waals surface area contributed by atoms with Gasteiger partial charge in [0, 0.05) is 12.2 Å². The molecule has 3 rings (SSSR count). The number of fused-ring (bicyclic) bond motifs is 1. The average molecular weight is 299 g/mol. The number of rotatable bonds is 5. The van der Waals surface area contributed by atoms with Crippen molar-refractivity contribution in [2.75, 3.05) is 17.2 Å². The van der Waals surface area contributed by atoms with Gasteiger partial charge in [-0.25, -0.2) is 0 Å². The van der Waals surface area contributed by atoms with E-state index in [9.17, 15) is 5.11 Å². The van der Waals surface area contributed by atoms with Crippen molar-refractivity contribution >= 4 is 28.6 Å². The fraction of sp³-hybridized carbons (Fsp3) is 0.286. The number of hydrogen-bond donors (Lipinski definition) is 4. The number of nitrogens with one attached hydrogen (secondary N) is 3. The first-order valence-corrected chi connectivity index (χ1v) is 6.96. The van der Waals surface area contributed by atoms with Gasteiger partial charge in [0.05, 0.1) is 6.10 Å². The minimum atomic E-state index is -0.495. The molecule has 0 bridgehead atoms. The van der Waals surface area contributed by atoms with Crippen LogP contribution in [0, 0.1) is 6.92 Å². The molecular formula is C14H17N7O. The summed E-state index contributed by atoms with van der Waals surface area (Å²) in [5.41, 5.74) is 3.09. The minimum absolute atomic E-state index is 0.354. The predicted molar refractivity (Wildman–Crippen MR) is 84.1 cm³/mol. The molecule has 22 heavy (non-hydrogen) atoms. The molecule has 114 valence electrons. The Morgan fingerprint density at radius 2 is 1.95 bits per heavy atom. The van der Waals surface area contributed by atoms with E-state index in [1.165, 1.54) is 5.56 Å². The second kappa shape index (κ2) is 5.94. The summed E-state index contributed by atoms with van der Waals surface area (Å²) < 4.78 is 0. The molecule has 4 N–H and O–H groups in total. The Morgan fingerprint density at radius 3 is 2.68 bits per heavy atom. The standard InChI is InChI=1S/C14H17N7O/c1-8-3-5-10(6-4-8)16-12-11-13(20-21-19-11)18-14(17-12)15-7-9(2)22/h3-6,9,22H,7H2,1-2H3,(H3,15,16,17,18,19,20,21)/t9-/m0/s1. The van der Waals surface area contributed by atoms with Gasteiger partial charge in [0.2, 0.25) is 11.6 Å². The highest BCUT2D eigenvalue weighted by atomic mass is 16.3. The summed E-state index contributed by atoms with van der Waals surface area (Å²) in [4.78, 5) is 8.64. The van der Waals surface area contributed by atoms with Gasteiger partial charge in [-0.05, 0) is 26.0 Å². The van der Waals surface area contributed by atoms with Crippen LogP contribution in [-0.2, 0) is 0 Å². The van der Waals surface area contributed by atoms with Gasteiger partial charge in [0.15, 0.2) is 11.3 Å². The Hall–Kier alpha value is -2.74. The molecule has 8 heteroatoms. The summed E-state index contributed by atoms with van der Waals surface area (Å²) in [5.74, 6) is 0.938. The summed E-state index contributed by atoms with van der Waals surface area (Å²) >= 11 is 0. The fourth-order valence-electron chi connectivity index (χ4n) is 1.93. The third-order valence-corrected chi connectivity index (χ3v) is 3.05. The van der Waals surface area contributed by atoms with Crippen LogP contribution >= 0.6 is 0 Å². The van der Waals surface area contributed by atoms with E-state index in [-0.39, 0.29) is 0 Å². The van der Waals surface area contributed by atoms with Crippen LogP contribution in [-0.4, -0.2) is 43.1 Å². The molecule has 0 spiro atoms. The van der Waals surface area contributed by atoms with Crippen LogP contribution in [0.3, 0.4) is 0 Å².